The number of imidazole rings is 1. The van der Waals surface area contributed by atoms with Gasteiger partial charge in [0.15, 0.2) is 0 Å². The second kappa shape index (κ2) is 13.0. The summed E-state index contributed by atoms with van der Waals surface area (Å²) in [5.41, 5.74) is 9.36. The largest absolute Gasteiger partial charge is 0.355 e. The van der Waals surface area contributed by atoms with Gasteiger partial charge in [0.2, 0.25) is 5.91 Å². The zero-order chi connectivity index (χ0) is 18.9. The van der Waals surface area contributed by atoms with Gasteiger partial charge >= 0.3 is 0 Å². The maximum Gasteiger partial charge on any atom is 0.237 e. The fraction of sp³-hybridized carbons (Fsp3) is 0.273. The molecule has 3 aromatic rings. The molecule has 0 unspecified atom stereocenters. The standard InChI is InChI=1S/C22H26N4O.2ClH/c23-21(22(27)24-13-7-12-18-8-3-1-4-9-18)14-20-16-26(17-25-20)15-19-10-5-2-6-11-19;;/h1-6,8-11,16-17,21H,7,12-15,23H2,(H,24,27);2*1H/t21-;;/m0../s1. The van der Waals surface area contributed by atoms with Gasteiger partial charge in [-0.1, -0.05) is 60.7 Å². The molecule has 0 fully saturated rings. The van der Waals surface area contributed by atoms with Gasteiger partial charge < -0.3 is 15.6 Å². The predicted octanol–water partition coefficient (Wildman–Crippen LogP) is 3.39. The number of carbonyl (C=O) groups excluding carboxylic acids is 1. The summed E-state index contributed by atoms with van der Waals surface area (Å²) in [5.74, 6) is -0.124. The van der Waals surface area contributed by atoms with Gasteiger partial charge in [-0.3, -0.25) is 4.79 Å². The minimum Gasteiger partial charge on any atom is -0.355 e. The molecule has 3 N–H and O–H groups in total. The number of benzene rings is 2. The molecular weight excluding hydrogens is 407 g/mol. The van der Waals surface area contributed by atoms with E-state index in [1.54, 1.807) is 6.33 Å². The van der Waals surface area contributed by atoms with Crippen molar-refractivity contribution in [1.29, 1.82) is 0 Å². The Morgan fingerprint density at radius 3 is 2.28 bits per heavy atom. The highest BCUT2D eigenvalue weighted by Crippen LogP contribution is 2.06. The van der Waals surface area contributed by atoms with Gasteiger partial charge in [-0.2, -0.15) is 0 Å². The van der Waals surface area contributed by atoms with Gasteiger partial charge in [0, 0.05) is 25.7 Å². The molecule has 1 aromatic heterocycles. The van der Waals surface area contributed by atoms with Crippen LogP contribution in [0.3, 0.4) is 0 Å². The van der Waals surface area contributed by atoms with Crippen molar-refractivity contribution in [1.82, 2.24) is 14.9 Å². The molecule has 0 aliphatic heterocycles. The van der Waals surface area contributed by atoms with Gasteiger partial charge in [-0.05, 0) is 24.0 Å². The second-order valence-electron chi connectivity index (χ2n) is 6.71. The molecule has 0 radical (unpaired) electrons. The number of amides is 1. The third-order valence-electron chi connectivity index (χ3n) is 4.44. The normalized spacial score (nSPS) is 11.1. The van der Waals surface area contributed by atoms with Crippen molar-refractivity contribution in [3.05, 3.63) is 90.0 Å². The van der Waals surface area contributed by atoms with Crippen LogP contribution in [0.2, 0.25) is 0 Å². The monoisotopic (exact) mass is 434 g/mol. The molecule has 2 aromatic carbocycles. The summed E-state index contributed by atoms with van der Waals surface area (Å²) >= 11 is 0. The van der Waals surface area contributed by atoms with E-state index in [1.165, 1.54) is 11.1 Å². The van der Waals surface area contributed by atoms with E-state index in [1.807, 2.05) is 47.2 Å². The number of aryl methyl sites for hydroxylation is 1. The van der Waals surface area contributed by atoms with E-state index in [-0.39, 0.29) is 30.7 Å². The molecular formula is C22H28Cl2N4O. The summed E-state index contributed by atoms with van der Waals surface area (Å²) in [6.45, 7) is 1.39. The van der Waals surface area contributed by atoms with E-state index < -0.39 is 6.04 Å². The van der Waals surface area contributed by atoms with Gasteiger partial charge in [-0.25, -0.2) is 4.98 Å². The number of hydrogen-bond donors (Lipinski definition) is 2. The highest BCUT2D eigenvalue weighted by atomic mass is 35.5. The Morgan fingerprint density at radius 2 is 1.62 bits per heavy atom. The first-order valence-electron chi connectivity index (χ1n) is 9.32. The van der Waals surface area contributed by atoms with Crippen molar-refractivity contribution >= 4 is 30.7 Å². The van der Waals surface area contributed by atoms with E-state index in [0.29, 0.717) is 13.0 Å². The van der Waals surface area contributed by atoms with Crippen LogP contribution in [0.4, 0.5) is 0 Å². The fourth-order valence-electron chi connectivity index (χ4n) is 2.99. The van der Waals surface area contributed by atoms with Crippen LogP contribution in [0, 0.1) is 0 Å². The molecule has 0 saturated carbocycles. The van der Waals surface area contributed by atoms with E-state index in [0.717, 1.165) is 25.1 Å². The molecule has 3 rings (SSSR count). The first-order valence-corrected chi connectivity index (χ1v) is 9.32. The molecule has 29 heavy (non-hydrogen) atoms. The molecule has 7 heteroatoms. The molecule has 5 nitrogen and oxygen atoms in total. The first-order chi connectivity index (χ1) is 13.2. The van der Waals surface area contributed by atoms with Crippen LogP contribution in [0.1, 0.15) is 23.2 Å². The average molecular weight is 435 g/mol. The Hall–Kier alpha value is -2.34. The molecule has 0 saturated heterocycles. The van der Waals surface area contributed by atoms with Crippen LogP contribution in [0.5, 0.6) is 0 Å². The number of halogens is 2. The quantitative estimate of drug-likeness (QED) is 0.506. The van der Waals surface area contributed by atoms with Crippen molar-refractivity contribution in [2.45, 2.75) is 31.8 Å². The minimum absolute atomic E-state index is 0. The van der Waals surface area contributed by atoms with Crippen molar-refractivity contribution < 1.29 is 4.79 Å². The second-order valence-corrected chi connectivity index (χ2v) is 6.71. The van der Waals surface area contributed by atoms with Crippen LogP contribution in [0.25, 0.3) is 0 Å². The van der Waals surface area contributed by atoms with Crippen LogP contribution in [-0.4, -0.2) is 28.0 Å². The smallest absolute Gasteiger partial charge is 0.237 e. The molecule has 0 aliphatic carbocycles. The maximum absolute atomic E-state index is 12.2. The van der Waals surface area contributed by atoms with Crippen molar-refractivity contribution in [3.63, 3.8) is 0 Å². The molecule has 0 aliphatic rings. The number of carbonyl (C=O) groups is 1. The van der Waals surface area contributed by atoms with E-state index >= 15 is 0 Å². The van der Waals surface area contributed by atoms with Crippen molar-refractivity contribution in [2.24, 2.45) is 5.73 Å². The number of nitrogens with two attached hydrogens (primary N) is 1. The molecule has 0 spiro atoms. The number of nitrogens with zero attached hydrogens (tertiary/aromatic N) is 2. The zero-order valence-corrected chi connectivity index (χ0v) is 17.9. The van der Waals surface area contributed by atoms with E-state index in [4.69, 9.17) is 5.73 Å². The van der Waals surface area contributed by atoms with E-state index in [9.17, 15) is 4.79 Å². The number of nitrogens with one attached hydrogen (secondary N) is 1. The SMILES string of the molecule is Cl.Cl.N[C@@H](Cc1cn(Cc2ccccc2)cn1)C(=O)NCCCc1ccccc1. The molecule has 1 heterocycles. The lowest BCUT2D eigenvalue weighted by Gasteiger charge is -2.11. The van der Waals surface area contributed by atoms with E-state index in [2.05, 4.69) is 34.6 Å². The molecule has 156 valence electrons. The number of aromatic nitrogens is 2. The Morgan fingerprint density at radius 1 is 1.00 bits per heavy atom. The lowest BCUT2D eigenvalue weighted by molar-refractivity contribution is -0.122. The van der Waals surface area contributed by atoms with Gasteiger partial charge in [0.1, 0.15) is 0 Å². The van der Waals surface area contributed by atoms with Gasteiger partial charge in [0.05, 0.1) is 18.1 Å². The highest BCUT2D eigenvalue weighted by molar-refractivity contribution is 5.85. The van der Waals surface area contributed by atoms with Crippen LogP contribution < -0.4 is 11.1 Å². The summed E-state index contributed by atoms with van der Waals surface area (Å²) in [7, 11) is 0. The third-order valence-corrected chi connectivity index (χ3v) is 4.44. The van der Waals surface area contributed by atoms with Crippen molar-refractivity contribution in [3.8, 4) is 0 Å². The Balaban J connectivity index is 0.00000210. The fourth-order valence-corrected chi connectivity index (χ4v) is 2.99. The lowest BCUT2D eigenvalue weighted by Crippen LogP contribution is -2.42. The summed E-state index contributed by atoms with van der Waals surface area (Å²) in [6.07, 6.45) is 6.02. The Labute approximate surface area is 184 Å². The summed E-state index contributed by atoms with van der Waals surface area (Å²) < 4.78 is 2.01. The first kappa shape index (κ1) is 24.7. The predicted molar refractivity (Wildman–Crippen MR) is 122 cm³/mol. The topological polar surface area (TPSA) is 72.9 Å². The third kappa shape index (κ3) is 8.28. The number of hydrogen-bond acceptors (Lipinski definition) is 3. The van der Waals surface area contributed by atoms with Crippen molar-refractivity contribution in [2.75, 3.05) is 6.54 Å². The molecule has 1 amide bonds. The summed E-state index contributed by atoms with van der Waals surface area (Å²) in [4.78, 5) is 16.6. The zero-order valence-electron chi connectivity index (χ0n) is 16.2. The lowest BCUT2D eigenvalue weighted by atomic mass is 10.1. The Bertz CT molecular complexity index is 840. The van der Waals surface area contributed by atoms with Crippen LogP contribution >= 0.6 is 24.8 Å². The summed E-state index contributed by atoms with van der Waals surface area (Å²) in [6, 6.07) is 19.9. The minimum atomic E-state index is -0.582. The van der Waals surface area contributed by atoms with Gasteiger partial charge in [0.25, 0.3) is 0 Å². The number of rotatable bonds is 9. The van der Waals surface area contributed by atoms with Gasteiger partial charge in [-0.15, -0.1) is 24.8 Å². The van der Waals surface area contributed by atoms with Crippen LogP contribution in [0.15, 0.2) is 73.2 Å². The average Bonchev–Trinajstić information content (AvgIpc) is 3.13. The van der Waals surface area contributed by atoms with Crippen LogP contribution in [-0.2, 0) is 24.2 Å². The molecule has 1 atom stereocenters. The Kier molecular flexibility index (Phi) is 11.1. The highest BCUT2D eigenvalue weighted by Gasteiger charge is 2.15. The summed E-state index contributed by atoms with van der Waals surface area (Å²) in [5, 5.41) is 2.92. The maximum atomic E-state index is 12.2. The molecule has 0 bridgehead atoms.